The zero-order chi connectivity index (χ0) is 14.3. The van der Waals surface area contributed by atoms with E-state index in [4.69, 9.17) is 0 Å². The highest BCUT2D eigenvalue weighted by molar-refractivity contribution is 5.12. The molecule has 1 heterocycles. The van der Waals surface area contributed by atoms with E-state index in [0.29, 0.717) is 12.1 Å². The normalized spacial score (nSPS) is 14.9. The maximum atomic E-state index is 4.19. The van der Waals surface area contributed by atoms with Crippen LogP contribution in [0, 0.1) is 5.92 Å². The van der Waals surface area contributed by atoms with E-state index in [-0.39, 0.29) is 0 Å². The molecule has 3 heteroatoms. The average Bonchev–Trinajstić information content (AvgIpc) is 2.43. The van der Waals surface area contributed by atoms with E-state index in [1.54, 1.807) is 0 Å². The van der Waals surface area contributed by atoms with Gasteiger partial charge in [0.15, 0.2) is 0 Å². The van der Waals surface area contributed by atoms with Crippen molar-refractivity contribution in [3.63, 3.8) is 0 Å². The number of nitrogens with one attached hydrogen (secondary N) is 1. The van der Waals surface area contributed by atoms with Crippen LogP contribution in [0.2, 0.25) is 0 Å². The molecular weight excluding hydrogens is 234 g/mol. The summed E-state index contributed by atoms with van der Waals surface area (Å²) in [5.74, 6) is 0.753. The highest BCUT2D eigenvalue weighted by atomic mass is 15.1. The van der Waals surface area contributed by atoms with Crippen LogP contribution in [0.15, 0.2) is 24.5 Å². The molecule has 0 aliphatic rings. The smallest absolute Gasteiger partial charge is 0.0315 e. The minimum absolute atomic E-state index is 0.352. The monoisotopic (exact) mass is 263 g/mol. The SMILES string of the molecule is CCC(CC)C(CNC(C)c1cccnc1)N(C)C. The summed E-state index contributed by atoms with van der Waals surface area (Å²) in [4.78, 5) is 6.53. The van der Waals surface area contributed by atoms with Crippen molar-refractivity contribution < 1.29 is 0 Å². The largest absolute Gasteiger partial charge is 0.309 e. The molecule has 2 unspecified atom stereocenters. The van der Waals surface area contributed by atoms with Crippen molar-refractivity contribution in [3.05, 3.63) is 30.1 Å². The van der Waals surface area contributed by atoms with Gasteiger partial charge in [-0.15, -0.1) is 0 Å². The van der Waals surface area contributed by atoms with Gasteiger partial charge in [-0.05, 0) is 38.6 Å². The molecule has 0 saturated heterocycles. The van der Waals surface area contributed by atoms with Gasteiger partial charge in [-0.2, -0.15) is 0 Å². The lowest BCUT2D eigenvalue weighted by Crippen LogP contribution is -2.43. The molecule has 1 aromatic heterocycles. The molecule has 0 spiro atoms. The quantitative estimate of drug-likeness (QED) is 0.781. The van der Waals surface area contributed by atoms with Gasteiger partial charge in [0.25, 0.3) is 0 Å². The van der Waals surface area contributed by atoms with Crippen LogP contribution < -0.4 is 5.32 Å². The molecule has 1 N–H and O–H groups in total. The Hall–Kier alpha value is -0.930. The number of likely N-dealkylation sites (N-methyl/N-ethyl adjacent to an activating group) is 1. The highest BCUT2D eigenvalue weighted by Crippen LogP contribution is 2.18. The van der Waals surface area contributed by atoms with E-state index < -0.39 is 0 Å². The van der Waals surface area contributed by atoms with Crippen molar-refractivity contribution in [1.82, 2.24) is 15.2 Å². The molecule has 0 aliphatic carbocycles. The predicted molar refractivity (Wildman–Crippen MR) is 82.2 cm³/mol. The molecule has 1 rings (SSSR count). The summed E-state index contributed by atoms with van der Waals surface area (Å²) >= 11 is 0. The van der Waals surface area contributed by atoms with Gasteiger partial charge in [0.1, 0.15) is 0 Å². The Morgan fingerprint density at radius 3 is 2.42 bits per heavy atom. The predicted octanol–water partition coefficient (Wildman–Crippen LogP) is 3.10. The maximum absolute atomic E-state index is 4.19. The standard InChI is InChI=1S/C16H29N3/c1-6-14(7-2)16(19(4)5)12-18-13(3)15-9-8-10-17-11-15/h8-11,13-14,16,18H,6-7,12H2,1-5H3. The first-order valence-corrected chi connectivity index (χ1v) is 7.39. The van der Waals surface area contributed by atoms with Gasteiger partial charge in [-0.25, -0.2) is 0 Å². The van der Waals surface area contributed by atoms with E-state index in [1.807, 2.05) is 18.5 Å². The van der Waals surface area contributed by atoms with Crippen molar-refractivity contribution in [3.8, 4) is 0 Å². The van der Waals surface area contributed by atoms with E-state index in [2.05, 4.69) is 56.1 Å². The molecule has 0 radical (unpaired) electrons. The van der Waals surface area contributed by atoms with Crippen LogP contribution in [0.1, 0.15) is 45.2 Å². The molecule has 2 atom stereocenters. The molecule has 1 aromatic rings. The van der Waals surface area contributed by atoms with Gasteiger partial charge in [0.05, 0.1) is 0 Å². The summed E-state index contributed by atoms with van der Waals surface area (Å²) in [6, 6.07) is 5.07. The van der Waals surface area contributed by atoms with E-state index in [0.717, 1.165) is 12.5 Å². The second kappa shape index (κ2) is 8.28. The first-order chi connectivity index (χ1) is 9.10. The average molecular weight is 263 g/mol. The van der Waals surface area contributed by atoms with Gasteiger partial charge >= 0.3 is 0 Å². The number of nitrogens with zero attached hydrogens (tertiary/aromatic N) is 2. The molecule has 0 aromatic carbocycles. The van der Waals surface area contributed by atoms with Gasteiger partial charge in [-0.1, -0.05) is 32.8 Å². The van der Waals surface area contributed by atoms with E-state index in [9.17, 15) is 0 Å². The lowest BCUT2D eigenvalue weighted by Gasteiger charge is -2.32. The third kappa shape index (κ3) is 4.92. The first-order valence-electron chi connectivity index (χ1n) is 7.39. The minimum atomic E-state index is 0.352. The maximum Gasteiger partial charge on any atom is 0.0315 e. The Morgan fingerprint density at radius 2 is 1.95 bits per heavy atom. The molecular formula is C16H29N3. The Labute approximate surface area is 118 Å². The van der Waals surface area contributed by atoms with Crippen molar-refractivity contribution in [1.29, 1.82) is 0 Å². The number of pyridine rings is 1. The Kier molecular flexibility index (Phi) is 7.03. The lowest BCUT2D eigenvalue weighted by molar-refractivity contribution is 0.190. The fourth-order valence-corrected chi connectivity index (χ4v) is 2.65. The van der Waals surface area contributed by atoms with Crippen molar-refractivity contribution in [2.75, 3.05) is 20.6 Å². The van der Waals surface area contributed by atoms with E-state index in [1.165, 1.54) is 18.4 Å². The van der Waals surface area contributed by atoms with Crippen LogP contribution in [0.5, 0.6) is 0 Å². The van der Waals surface area contributed by atoms with Gasteiger partial charge in [0, 0.05) is 31.0 Å². The lowest BCUT2D eigenvalue weighted by atomic mass is 9.93. The molecule has 19 heavy (non-hydrogen) atoms. The van der Waals surface area contributed by atoms with Crippen molar-refractivity contribution >= 4 is 0 Å². The third-order valence-electron chi connectivity index (χ3n) is 4.07. The third-order valence-corrected chi connectivity index (χ3v) is 4.07. The number of aromatic nitrogens is 1. The Bertz CT molecular complexity index is 333. The van der Waals surface area contributed by atoms with Crippen molar-refractivity contribution in [2.24, 2.45) is 5.92 Å². The summed E-state index contributed by atoms with van der Waals surface area (Å²) < 4.78 is 0. The van der Waals surface area contributed by atoms with Crippen molar-refractivity contribution in [2.45, 2.75) is 45.7 Å². The summed E-state index contributed by atoms with van der Waals surface area (Å²) in [7, 11) is 4.36. The topological polar surface area (TPSA) is 28.2 Å². The zero-order valence-electron chi connectivity index (χ0n) is 13.1. The fraction of sp³-hybridized carbons (Fsp3) is 0.688. The molecule has 0 amide bonds. The number of hydrogen-bond donors (Lipinski definition) is 1. The van der Waals surface area contributed by atoms with Crippen LogP contribution in [0.3, 0.4) is 0 Å². The second-order valence-electron chi connectivity index (χ2n) is 5.52. The number of rotatable bonds is 8. The van der Waals surface area contributed by atoms with Crippen LogP contribution in [0.25, 0.3) is 0 Å². The second-order valence-corrected chi connectivity index (χ2v) is 5.52. The van der Waals surface area contributed by atoms with Crippen LogP contribution in [-0.2, 0) is 0 Å². The molecule has 0 fully saturated rings. The molecule has 3 nitrogen and oxygen atoms in total. The van der Waals surface area contributed by atoms with Gasteiger partial charge < -0.3 is 10.2 Å². The molecule has 0 saturated carbocycles. The minimum Gasteiger partial charge on any atom is -0.309 e. The summed E-state index contributed by atoms with van der Waals surface area (Å²) in [6.07, 6.45) is 6.24. The molecule has 0 bridgehead atoms. The van der Waals surface area contributed by atoms with Gasteiger partial charge in [-0.3, -0.25) is 4.98 Å². The molecule has 0 aliphatic heterocycles. The van der Waals surface area contributed by atoms with Crippen LogP contribution in [0.4, 0.5) is 0 Å². The van der Waals surface area contributed by atoms with Crippen LogP contribution in [-0.4, -0.2) is 36.6 Å². The Morgan fingerprint density at radius 1 is 1.26 bits per heavy atom. The first kappa shape index (κ1) is 16.1. The molecule has 108 valence electrons. The summed E-state index contributed by atoms with van der Waals surface area (Å²) in [5, 5.41) is 3.65. The zero-order valence-corrected chi connectivity index (χ0v) is 13.1. The Balaban J connectivity index is 2.57. The summed E-state index contributed by atoms with van der Waals surface area (Å²) in [6.45, 7) is 7.80. The van der Waals surface area contributed by atoms with Crippen LogP contribution >= 0.6 is 0 Å². The van der Waals surface area contributed by atoms with E-state index >= 15 is 0 Å². The van der Waals surface area contributed by atoms with Gasteiger partial charge in [0.2, 0.25) is 0 Å². The highest BCUT2D eigenvalue weighted by Gasteiger charge is 2.21. The number of hydrogen-bond acceptors (Lipinski definition) is 3. The fourth-order valence-electron chi connectivity index (χ4n) is 2.65. The summed E-state index contributed by atoms with van der Waals surface area (Å²) in [5.41, 5.74) is 1.25.